The number of ether oxygens (including phenoxy) is 1. The van der Waals surface area contributed by atoms with Gasteiger partial charge in [-0.15, -0.1) is 0 Å². The van der Waals surface area contributed by atoms with Crippen molar-refractivity contribution in [3.8, 4) is 11.9 Å². The first kappa shape index (κ1) is 14.9. The lowest BCUT2D eigenvalue weighted by atomic mass is 10.2. The summed E-state index contributed by atoms with van der Waals surface area (Å²) in [6, 6.07) is 10.7. The molecule has 0 aliphatic rings. The monoisotopic (exact) mass is 304 g/mol. The molecule has 0 saturated heterocycles. The van der Waals surface area contributed by atoms with E-state index < -0.39 is 5.82 Å². The smallest absolute Gasteiger partial charge is 0.214 e. The highest BCUT2D eigenvalue weighted by molar-refractivity contribution is 6.30. The van der Waals surface area contributed by atoms with Crippen LogP contribution in [0.15, 0.2) is 36.4 Å². The van der Waals surface area contributed by atoms with Crippen LogP contribution in [0.2, 0.25) is 5.02 Å². The van der Waals surface area contributed by atoms with E-state index >= 15 is 0 Å². The van der Waals surface area contributed by atoms with Crippen molar-refractivity contribution < 1.29 is 13.9 Å². The molecule has 0 unspecified atom stereocenters. The molecule has 1 aromatic carbocycles. The Morgan fingerprint density at radius 3 is 2.90 bits per heavy atom. The molecule has 0 aliphatic carbocycles. The molecule has 6 heteroatoms. The van der Waals surface area contributed by atoms with Crippen molar-refractivity contribution >= 4 is 17.4 Å². The highest BCUT2D eigenvalue weighted by Crippen LogP contribution is 2.17. The van der Waals surface area contributed by atoms with Crippen LogP contribution < -0.4 is 4.74 Å². The highest BCUT2D eigenvalue weighted by Gasteiger charge is 2.09. The second kappa shape index (κ2) is 6.82. The molecule has 0 atom stereocenters. The number of aromatic nitrogens is 1. The number of rotatable bonds is 5. The molecule has 0 saturated carbocycles. The minimum Gasteiger partial charge on any atom is -0.473 e. The fourth-order valence-corrected chi connectivity index (χ4v) is 1.76. The number of pyridine rings is 1. The van der Waals surface area contributed by atoms with Crippen molar-refractivity contribution in [2.45, 2.75) is 13.0 Å². The van der Waals surface area contributed by atoms with Crippen LogP contribution >= 0.6 is 11.6 Å². The van der Waals surface area contributed by atoms with Gasteiger partial charge >= 0.3 is 0 Å². The summed E-state index contributed by atoms with van der Waals surface area (Å²) in [6.45, 7) is -0.0358. The third-order valence-corrected chi connectivity index (χ3v) is 2.87. The average Bonchev–Trinajstić information content (AvgIpc) is 2.47. The number of ketones is 1. The maximum atomic E-state index is 13.6. The fraction of sp³-hybridized carbons (Fsp3) is 0.133. The summed E-state index contributed by atoms with van der Waals surface area (Å²) in [4.78, 5) is 15.5. The Morgan fingerprint density at radius 2 is 2.19 bits per heavy atom. The first-order valence-electron chi connectivity index (χ1n) is 6.04. The van der Waals surface area contributed by atoms with E-state index in [2.05, 4.69) is 4.98 Å². The SMILES string of the molecule is N#CCC(=O)c1cccc(OCc2ccc(Cl)cc2F)n1. The van der Waals surface area contributed by atoms with Gasteiger partial charge < -0.3 is 4.74 Å². The van der Waals surface area contributed by atoms with E-state index in [9.17, 15) is 9.18 Å². The van der Waals surface area contributed by atoms with Crippen LogP contribution in [0.1, 0.15) is 22.5 Å². The zero-order valence-electron chi connectivity index (χ0n) is 10.8. The summed E-state index contributed by atoms with van der Waals surface area (Å²) < 4.78 is 18.9. The molecule has 0 amide bonds. The molecule has 21 heavy (non-hydrogen) atoms. The first-order valence-corrected chi connectivity index (χ1v) is 6.42. The van der Waals surface area contributed by atoms with Crippen LogP contribution in [-0.2, 0) is 6.61 Å². The maximum absolute atomic E-state index is 13.6. The largest absolute Gasteiger partial charge is 0.473 e. The number of Topliss-reactive ketones (excluding diaryl/α,β-unsaturated/α-hetero) is 1. The predicted octanol–water partition coefficient (Wildman–Crippen LogP) is 3.55. The summed E-state index contributed by atoms with van der Waals surface area (Å²) in [5, 5.41) is 8.79. The molecule has 0 fully saturated rings. The lowest BCUT2D eigenvalue weighted by molar-refractivity contribution is 0.0991. The minimum absolute atomic E-state index is 0.0358. The van der Waals surface area contributed by atoms with E-state index in [0.29, 0.717) is 10.6 Å². The van der Waals surface area contributed by atoms with Crippen molar-refractivity contribution in [3.63, 3.8) is 0 Å². The summed E-state index contributed by atoms with van der Waals surface area (Å²) in [5.41, 5.74) is 0.473. The predicted molar refractivity (Wildman–Crippen MR) is 74.5 cm³/mol. The van der Waals surface area contributed by atoms with Crippen LogP contribution in [0.3, 0.4) is 0 Å². The van der Waals surface area contributed by atoms with Crippen LogP contribution in [-0.4, -0.2) is 10.8 Å². The van der Waals surface area contributed by atoms with Gasteiger partial charge in [0.25, 0.3) is 0 Å². The number of hydrogen-bond donors (Lipinski definition) is 0. The number of hydrogen-bond acceptors (Lipinski definition) is 4. The van der Waals surface area contributed by atoms with Gasteiger partial charge in [0.15, 0.2) is 5.78 Å². The van der Waals surface area contributed by atoms with Crippen molar-refractivity contribution in [1.82, 2.24) is 4.98 Å². The highest BCUT2D eigenvalue weighted by atomic mass is 35.5. The van der Waals surface area contributed by atoms with Crippen molar-refractivity contribution in [2.24, 2.45) is 0 Å². The van der Waals surface area contributed by atoms with Crippen LogP contribution in [0, 0.1) is 17.1 Å². The number of nitrogens with zero attached hydrogens (tertiary/aromatic N) is 2. The topological polar surface area (TPSA) is 63.0 Å². The third kappa shape index (κ3) is 4.01. The van der Waals surface area contributed by atoms with Gasteiger partial charge in [-0.25, -0.2) is 9.37 Å². The Balaban J connectivity index is 2.08. The third-order valence-electron chi connectivity index (χ3n) is 2.64. The zero-order chi connectivity index (χ0) is 15.2. The molecule has 0 spiro atoms. The molecule has 4 nitrogen and oxygen atoms in total. The quantitative estimate of drug-likeness (QED) is 0.792. The zero-order valence-corrected chi connectivity index (χ0v) is 11.6. The van der Waals surface area contributed by atoms with Gasteiger partial charge in [0.05, 0.1) is 6.07 Å². The average molecular weight is 305 g/mol. The molecule has 1 aromatic heterocycles. The number of benzene rings is 1. The van der Waals surface area contributed by atoms with Gasteiger partial charge in [0.1, 0.15) is 24.5 Å². The van der Waals surface area contributed by atoms with E-state index in [0.717, 1.165) is 0 Å². The summed E-state index contributed by atoms with van der Waals surface area (Å²) >= 11 is 5.66. The van der Waals surface area contributed by atoms with E-state index in [1.807, 2.05) is 0 Å². The Kier molecular flexibility index (Phi) is 4.85. The van der Waals surface area contributed by atoms with E-state index in [1.165, 1.54) is 18.2 Å². The van der Waals surface area contributed by atoms with Crippen molar-refractivity contribution in [2.75, 3.05) is 0 Å². The second-order valence-corrected chi connectivity index (χ2v) is 4.58. The summed E-state index contributed by atoms with van der Waals surface area (Å²) in [7, 11) is 0. The lowest BCUT2D eigenvalue weighted by Crippen LogP contribution is -2.04. The van der Waals surface area contributed by atoms with Gasteiger partial charge in [-0.3, -0.25) is 4.79 Å². The molecule has 0 N–H and O–H groups in total. The van der Waals surface area contributed by atoms with Gasteiger partial charge in [-0.2, -0.15) is 5.26 Å². The lowest BCUT2D eigenvalue weighted by Gasteiger charge is -2.07. The normalized spacial score (nSPS) is 9.95. The van der Waals surface area contributed by atoms with Crippen molar-refractivity contribution in [1.29, 1.82) is 5.26 Å². The molecule has 106 valence electrons. The van der Waals surface area contributed by atoms with Crippen molar-refractivity contribution in [3.05, 3.63) is 58.5 Å². The Hall–Kier alpha value is -2.45. The van der Waals surface area contributed by atoms with Crippen LogP contribution in [0.4, 0.5) is 4.39 Å². The van der Waals surface area contributed by atoms with E-state index in [-0.39, 0.29) is 30.4 Å². The number of carbonyl (C=O) groups excluding carboxylic acids is 1. The Bertz CT molecular complexity index is 713. The number of halogens is 2. The number of nitriles is 1. The van der Waals surface area contributed by atoms with Gasteiger partial charge in [0, 0.05) is 16.7 Å². The molecule has 0 aliphatic heterocycles. The molecular weight excluding hydrogens is 295 g/mol. The number of carbonyl (C=O) groups is 1. The summed E-state index contributed by atoms with van der Waals surface area (Å²) in [6.07, 6.45) is -0.248. The second-order valence-electron chi connectivity index (χ2n) is 4.14. The molecule has 0 bridgehead atoms. The van der Waals surface area contributed by atoms with Gasteiger partial charge in [-0.05, 0) is 18.2 Å². The maximum Gasteiger partial charge on any atom is 0.214 e. The fourth-order valence-electron chi connectivity index (χ4n) is 1.60. The first-order chi connectivity index (χ1) is 10.1. The van der Waals surface area contributed by atoms with E-state index in [4.69, 9.17) is 21.6 Å². The molecule has 2 aromatic rings. The minimum atomic E-state index is -0.473. The Labute approximate surface area is 125 Å². The standard InChI is InChI=1S/C15H10ClFN2O2/c16-11-5-4-10(12(17)8-11)9-21-15-3-1-2-13(19-15)14(20)6-7-18/h1-5,8H,6,9H2. The molecule has 2 rings (SSSR count). The molecule has 1 heterocycles. The molecular formula is C15H10ClFN2O2. The van der Waals surface area contributed by atoms with E-state index in [1.54, 1.807) is 24.3 Å². The summed E-state index contributed by atoms with van der Waals surface area (Å²) in [5.74, 6) is -0.673. The van der Waals surface area contributed by atoms with Crippen LogP contribution in [0.5, 0.6) is 5.88 Å². The van der Waals surface area contributed by atoms with Gasteiger partial charge in [0.2, 0.25) is 5.88 Å². The Morgan fingerprint density at radius 1 is 1.38 bits per heavy atom. The molecule has 0 radical (unpaired) electrons. The van der Waals surface area contributed by atoms with Crippen LogP contribution in [0.25, 0.3) is 0 Å². The van der Waals surface area contributed by atoms with Gasteiger partial charge in [-0.1, -0.05) is 23.7 Å².